The number of nitro benzene ring substituents is 1. The highest BCUT2D eigenvalue weighted by atomic mass is 32.2. The van der Waals surface area contributed by atoms with Crippen molar-refractivity contribution in [3.63, 3.8) is 0 Å². The first-order valence-corrected chi connectivity index (χ1v) is 11.3. The third-order valence-electron chi connectivity index (χ3n) is 4.19. The molecule has 0 amide bonds. The summed E-state index contributed by atoms with van der Waals surface area (Å²) in [6.45, 7) is 1.51. The van der Waals surface area contributed by atoms with Crippen molar-refractivity contribution >= 4 is 39.2 Å². The predicted octanol–water partition coefficient (Wildman–Crippen LogP) is 3.50. The number of sulfonamides is 1. The topological polar surface area (TPSA) is 137 Å². The lowest BCUT2D eigenvalue weighted by molar-refractivity contribution is -0.385. The van der Waals surface area contributed by atoms with E-state index in [0.717, 1.165) is 6.07 Å². The molecule has 3 rings (SSSR count). The van der Waals surface area contributed by atoms with Gasteiger partial charge in [0.25, 0.3) is 15.7 Å². The first kappa shape index (κ1) is 22.9. The van der Waals surface area contributed by atoms with Crippen molar-refractivity contribution in [1.29, 1.82) is 0 Å². The number of benzene rings is 2. The third-order valence-corrected chi connectivity index (χ3v) is 6.26. The summed E-state index contributed by atoms with van der Waals surface area (Å²) in [4.78, 5) is 24.7. The second-order valence-corrected chi connectivity index (χ2v) is 8.94. The van der Waals surface area contributed by atoms with Gasteiger partial charge in [0.05, 0.1) is 23.1 Å². The lowest BCUT2D eigenvalue weighted by Gasteiger charge is -2.09. The monoisotopic (exact) mass is 475 g/mol. The van der Waals surface area contributed by atoms with Gasteiger partial charge in [0.2, 0.25) is 0 Å². The standard InChI is InChI=1S/C20H17N3O7S2/c1-13-5-7-15(11-16(13)23(25)26)32(27,28)22-21-12-14-6-8-17(18(10-14)29-2)30-20(24)19-4-3-9-31-19/h3-12,22H,1-2H3/b21-12-. The number of thiophene rings is 1. The van der Waals surface area contributed by atoms with Crippen molar-refractivity contribution in [1.82, 2.24) is 4.83 Å². The molecule has 1 aromatic heterocycles. The molecule has 0 saturated heterocycles. The Morgan fingerprint density at radius 2 is 1.97 bits per heavy atom. The van der Waals surface area contributed by atoms with Crippen LogP contribution >= 0.6 is 11.3 Å². The number of rotatable bonds is 8. The summed E-state index contributed by atoms with van der Waals surface area (Å²) in [5.41, 5.74) is 0.481. The van der Waals surface area contributed by atoms with Gasteiger partial charge in [-0.1, -0.05) is 12.1 Å². The molecule has 0 spiro atoms. The highest BCUT2D eigenvalue weighted by Gasteiger charge is 2.19. The number of carbonyl (C=O) groups excluding carboxylic acids is 1. The van der Waals surface area contributed by atoms with Crippen LogP contribution in [0.15, 0.2) is 63.9 Å². The fourth-order valence-corrected chi connectivity index (χ4v) is 3.98. The van der Waals surface area contributed by atoms with Crippen LogP contribution in [-0.4, -0.2) is 32.6 Å². The van der Waals surface area contributed by atoms with Crippen molar-refractivity contribution < 1.29 is 27.6 Å². The minimum absolute atomic E-state index is 0.190. The second-order valence-electron chi connectivity index (χ2n) is 6.34. The van der Waals surface area contributed by atoms with Gasteiger partial charge in [-0.25, -0.2) is 9.63 Å². The Kier molecular flexibility index (Phi) is 6.85. The Labute approximate surface area is 187 Å². The number of carbonyl (C=O) groups is 1. The Balaban J connectivity index is 1.74. The molecule has 32 heavy (non-hydrogen) atoms. The number of nitrogens with one attached hydrogen (secondary N) is 1. The molecule has 0 fully saturated rings. The van der Waals surface area contributed by atoms with Crippen LogP contribution in [0, 0.1) is 17.0 Å². The molecule has 0 bridgehead atoms. The molecule has 3 aromatic rings. The van der Waals surface area contributed by atoms with Crippen LogP contribution in [0.2, 0.25) is 0 Å². The Morgan fingerprint density at radius 3 is 2.62 bits per heavy atom. The molecule has 0 unspecified atom stereocenters. The third kappa shape index (κ3) is 5.28. The van der Waals surface area contributed by atoms with Crippen LogP contribution < -0.4 is 14.3 Å². The molecule has 1 N–H and O–H groups in total. The molecular weight excluding hydrogens is 458 g/mol. The predicted molar refractivity (Wildman–Crippen MR) is 118 cm³/mol. The highest BCUT2D eigenvalue weighted by Crippen LogP contribution is 2.29. The van der Waals surface area contributed by atoms with Crippen molar-refractivity contribution in [3.05, 3.63) is 80.0 Å². The summed E-state index contributed by atoms with van der Waals surface area (Å²) >= 11 is 1.24. The van der Waals surface area contributed by atoms with Gasteiger partial charge in [-0.05, 0) is 48.2 Å². The van der Waals surface area contributed by atoms with E-state index in [-0.39, 0.29) is 22.1 Å². The average Bonchev–Trinajstić information content (AvgIpc) is 3.29. The first-order chi connectivity index (χ1) is 15.2. The molecule has 1 heterocycles. The fraction of sp³-hybridized carbons (Fsp3) is 0.100. The van der Waals surface area contributed by atoms with Gasteiger partial charge in [-0.15, -0.1) is 11.3 Å². The van der Waals surface area contributed by atoms with E-state index in [0.29, 0.717) is 16.0 Å². The number of hydrogen-bond acceptors (Lipinski definition) is 9. The molecular formula is C20H17N3O7S2. The van der Waals surface area contributed by atoms with E-state index in [1.807, 2.05) is 4.83 Å². The van der Waals surface area contributed by atoms with Gasteiger partial charge < -0.3 is 9.47 Å². The van der Waals surface area contributed by atoms with Crippen molar-refractivity contribution in [3.8, 4) is 11.5 Å². The van der Waals surface area contributed by atoms with Crippen LogP contribution in [0.1, 0.15) is 20.8 Å². The molecule has 2 aromatic carbocycles. The largest absolute Gasteiger partial charge is 0.493 e. The SMILES string of the molecule is COc1cc(/C=N\NS(=O)(=O)c2ccc(C)c([N+](=O)[O-])c2)ccc1OC(=O)c1cccs1. The van der Waals surface area contributed by atoms with Crippen LogP contribution in [0.5, 0.6) is 11.5 Å². The zero-order valence-electron chi connectivity index (χ0n) is 16.8. The molecule has 12 heteroatoms. The lowest BCUT2D eigenvalue weighted by atomic mass is 10.2. The Morgan fingerprint density at radius 1 is 1.19 bits per heavy atom. The summed E-state index contributed by atoms with van der Waals surface area (Å²) in [7, 11) is -2.73. The second kappa shape index (κ2) is 9.58. The summed E-state index contributed by atoms with van der Waals surface area (Å²) in [6.07, 6.45) is 1.22. The highest BCUT2D eigenvalue weighted by molar-refractivity contribution is 7.89. The zero-order valence-corrected chi connectivity index (χ0v) is 18.5. The molecule has 166 valence electrons. The number of hydrogen-bond donors (Lipinski definition) is 1. The zero-order chi connectivity index (χ0) is 23.3. The molecule has 0 atom stereocenters. The molecule has 10 nitrogen and oxygen atoms in total. The fourth-order valence-electron chi connectivity index (χ4n) is 2.57. The smallest absolute Gasteiger partial charge is 0.353 e. The first-order valence-electron chi connectivity index (χ1n) is 8.95. The molecule has 0 radical (unpaired) electrons. The number of aryl methyl sites for hydroxylation is 1. The number of methoxy groups -OCH3 is 1. The number of nitrogens with zero attached hydrogens (tertiary/aromatic N) is 2. The van der Waals surface area contributed by atoms with E-state index in [2.05, 4.69) is 5.10 Å². The summed E-state index contributed by atoms with van der Waals surface area (Å²) in [5, 5.41) is 16.5. The van der Waals surface area contributed by atoms with E-state index in [9.17, 15) is 23.3 Å². The van der Waals surface area contributed by atoms with E-state index >= 15 is 0 Å². The van der Waals surface area contributed by atoms with E-state index in [1.54, 1.807) is 23.6 Å². The Hall–Kier alpha value is -3.77. The molecule has 0 aliphatic rings. The van der Waals surface area contributed by atoms with E-state index in [1.165, 1.54) is 55.9 Å². The number of hydrazone groups is 1. The van der Waals surface area contributed by atoms with Gasteiger partial charge in [0, 0.05) is 11.6 Å². The van der Waals surface area contributed by atoms with Gasteiger partial charge in [0.15, 0.2) is 11.5 Å². The Bertz CT molecular complexity index is 1290. The maximum Gasteiger partial charge on any atom is 0.353 e. The van der Waals surface area contributed by atoms with Crippen LogP contribution in [0.3, 0.4) is 0 Å². The molecule has 0 aliphatic heterocycles. The minimum Gasteiger partial charge on any atom is -0.493 e. The van der Waals surface area contributed by atoms with Gasteiger partial charge in [0.1, 0.15) is 4.88 Å². The number of ether oxygens (including phenoxy) is 2. The van der Waals surface area contributed by atoms with Gasteiger partial charge in [-0.2, -0.15) is 13.5 Å². The summed E-state index contributed by atoms with van der Waals surface area (Å²) in [5.74, 6) is -0.0915. The van der Waals surface area contributed by atoms with Crippen LogP contribution in [-0.2, 0) is 10.0 Å². The van der Waals surface area contributed by atoms with Crippen molar-refractivity contribution in [2.45, 2.75) is 11.8 Å². The normalized spacial score (nSPS) is 11.3. The number of esters is 1. The van der Waals surface area contributed by atoms with Gasteiger partial charge in [-0.3, -0.25) is 10.1 Å². The maximum atomic E-state index is 12.4. The number of nitro groups is 1. The van der Waals surface area contributed by atoms with Crippen molar-refractivity contribution in [2.24, 2.45) is 5.10 Å². The summed E-state index contributed by atoms with van der Waals surface area (Å²) < 4.78 is 35.3. The van der Waals surface area contributed by atoms with Crippen LogP contribution in [0.25, 0.3) is 0 Å². The lowest BCUT2D eigenvalue weighted by Crippen LogP contribution is -2.18. The van der Waals surface area contributed by atoms with Gasteiger partial charge >= 0.3 is 5.97 Å². The average molecular weight is 476 g/mol. The van der Waals surface area contributed by atoms with Crippen LogP contribution in [0.4, 0.5) is 5.69 Å². The minimum atomic E-state index is -4.12. The van der Waals surface area contributed by atoms with Crippen molar-refractivity contribution in [2.75, 3.05) is 7.11 Å². The molecule has 0 saturated carbocycles. The maximum absolute atomic E-state index is 12.4. The quantitative estimate of drug-likeness (QED) is 0.173. The summed E-state index contributed by atoms with van der Waals surface area (Å²) in [6, 6.07) is 11.5. The van der Waals surface area contributed by atoms with E-state index in [4.69, 9.17) is 9.47 Å². The van der Waals surface area contributed by atoms with E-state index < -0.39 is 20.9 Å². The molecule has 0 aliphatic carbocycles.